The number of hydrogen-bond donors (Lipinski definition) is 2. The third-order valence-corrected chi connectivity index (χ3v) is 4.53. The van der Waals surface area contributed by atoms with Crippen LogP contribution in [0, 0.1) is 6.92 Å². The summed E-state index contributed by atoms with van der Waals surface area (Å²) in [6.07, 6.45) is 0.847. The highest BCUT2D eigenvalue weighted by Gasteiger charge is 2.14. The molecule has 5 nitrogen and oxygen atoms in total. The third-order valence-electron chi connectivity index (χ3n) is 4.53. The molecule has 2 N–H and O–H groups in total. The van der Waals surface area contributed by atoms with Crippen LogP contribution in [0.1, 0.15) is 46.4 Å². The number of nitrogens with one attached hydrogen (secondary N) is 2. The molecule has 2 rings (SSSR count). The van der Waals surface area contributed by atoms with Crippen molar-refractivity contribution in [2.75, 3.05) is 20.6 Å². The summed E-state index contributed by atoms with van der Waals surface area (Å²) in [5, 5.41) is 5.72. The summed E-state index contributed by atoms with van der Waals surface area (Å²) in [5.41, 5.74) is 4.03. The topological polar surface area (TPSA) is 61.4 Å². The second-order valence-electron chi connectivity index (χ2n) is 6.89. The lowest BCUT2D eigenvalue weighted by molar-refractivity contribution is -0.122. The van der Waals surface area contributed by atoms with E-state index in [1.807, 2.05) is 24.1 Å². The standard InChI is InChI=1S/C22H29N3O2/c1-5-20(18-10-6-16(2)7-11-18)24-21(26)15-25(4)14-17-8-12-19(13-9-17)22(27)23-3/h6-13,20H,5,14-15H2,1-4H3,(H,23,27)(H,24,26)/t20-/m0/s1. The molecule has 0 spiro atoms. The van der Waals surface area contributed by atoms with Gasteiger partial charge >= 0.3 is 0 Å². The molecule has 2 aromatic carbocycles. The minimum atomic E-state index is -0.101. The molecule has 0 fully saturated rings. The Morgan fingerprint density at radius 2 is 1.67 bits per heavy atom. The molecule has 0 aliphatic heterocycles. The van der Waals surface area contributed by atoms with Crippen molar-refractivity contribution < 1.29 is 9.59 Å². The van der Waals surface area contributed by atoms with Gasteiger partial charge in [-0.1, -0.05) is 48.9 Å². The first kappa shape index (κ1) is 20.6. The van der Waals surface area contributed by atoms with Crippen LogP contribution in [0.2, 0.25) is 0 Å². The first-order chi connectivity index (χ1) is 12.9. The molecule has 0 aliphatic carbocycles. The molecule has 0 saturated heterocycles. The first-order valence-corrected chi connectivity index (χ1v) is 9.28. The number of nitrogens with zero attached hydrogens (tertiary/aromatic N) is 1. The Balaban J connectivity index is 1.88. The third kappa shape index (κ3) is 6.22. The van der Waals surface area contributed by atoms with Crippen molar-refractivity contribution in [1.82, 2.24) is 15.5 Å². The molecule has 0 aliphatic rings. The van der Waals surface area contributed by atoms with E-state index in [0.29, 0.717) is 18.7 Å². The summed E-state index contributed by atoms with van der Waals surface area (Å²) in [6.45, 7) is 5.09. The quantitative estimate of drug-likeness (QED) is 0.754. The molecule has 0 aromatic heterocycles. The second-order valence-corrected chi connectivity index (χ2v) is 6.89. The number of rotatable bonds is 8. The van der Waals surface area contributed by atoms with Gasteiger partial charge in [-0.2, -0.15) is 0 Å². The van der Waals surface area contributed by atoms with Gasteiger partial charge in [-0.15, -0.1) is 0 Å². The zero-order chi connectivity index (χ0) is 19.8. The highest BCUT2D eigenvalue weighted by atomic mass is 16.2. The van der Waals surface area contributed by atoms with Crippen LogP contribution in [0.4, 0.5) is 0 Å². The SMILES string of the molecule is CC[C@H](NC(=O)CN(C)Cc1ccc(C(=O)NC)cc1)c1ccc(C)cc1. The van der Waals surface area contributed by atoms with E-state index in [2.05, 4.69) is 48.7 Å². The van der Waals surface area contributed by atoms with Crippen molar-refractivity contribution in [3.8, 4) is 0 Å². The number of hydrogen-bond acceptors (Lipinski definition) is 3. The number of likely N-dealkylation sites (N-methyl/N-ethyl adjacent to an activating group) is 1. The fourth-order valence-electron chi connectivity index (χ4n) is 2.98. The van der Waals surface area contributed by atoms with Crippen molar-refractivity contribution in [2.45, 2.75) is 32.9 Å². The van der Waals surface area contributed by atoms with Crippen LogP contribution in [0.3, 0.4) is 0 Å². The average molecular weight is 367 g/mol. The Morgan fingerprint density at radius 1 is 1.04 bits per heavy atom. The van der Waals surface area contributed by atoms with Crippen LogP contribution >= 0.6 is 0 Å². The summed E-state index contributed by atoms with van der Waals surface area (Å²) in [5.74, 6) is -0.0945. The number of carbonyl (C=O) groups excluding carboxylic acids is 2. The molecule has 0 saturated carbocycles. The van der Waals surface area contributed by atoms with E-state index in [9.17, 15) is 9.59 Å². The van der Waals surface area contributed by atoms with Gasteiger partial charge < -0.3 is 10.6 Å². The molecule has 144 valence electrons. The largest absolute Gasteiger partial charge is 0.355 e. The smallest absolute Gasteiger partial charge is 0.251 e. The highest BCUT2D eigenvalue weighted by molar-refractivity contribution is 5.93. The lowest BCUT2D eigenvalue weighted by Gasteiger charge is -2.21. The van der Waals surface area contributed by atoms with Gasteiger partial charge in [-0.3, -0.25) is 14.5 Å². The van der Waals surface area contributed by atoms with Crippen molar-refractivity contribution in [3.05, 3.63) is 70.8 Å². The first-order valence-electron chi connectivity index (χ1n) is 9.28. The molecule has 0 unspecified atom stereocenters. The van der Waals surface area contributed by atoms with E-state index >= 15 is 0 Å². The van der Waals surface area contributed by atoms with Crippen molar-refractivity contribution in [3.63, 3.8) is 0 Å². The fourth-order valence-corrected chi connectivity index (χ4v) is 2.98. The van der Waals surface area contributed by atoms with Gasteiger partial charge in [0.05, 0.1) is 12.6 Å². The Bertz CT molecular complexity index is 754. The van der Waals surface area contributed by atoms with Crippen molar-refractivity contribution in [2.24, 2.45) is 0 Å². The number of benzene rings is 2. The van der Waals surface area contributed by atoms with Gasteiger partial charge in [-0.05, 0) is 43.7 Å². The highest BCUT2D eigenvalue weighted by Crippen LogP contribution is 2.17. The zero-order valence-electron chi connectivity index (χ0n) is 16.6. The minimum Gasteiger partial charge on any atom is -0.355 e. The number of amides is 2. The summed E-state index contributed by atoms with van der Waals surface area (Å²) < 4.78 is 0. The van der Waals surface area contributed by atoms with Crippen LogP contribution in [0.25, 0.3) is 0 Å². The fraction of sp³-hybridized carbons (Fsp3) is 0.364. The molecule has 27 heavy (non-hydrogen) atoms. The van der Waals surface area contributed by atoms with E-state index in [0.717, 1.165) is 17.5 Å². The molecule has 1 atom stereocenters. The van der Waals surface area contributed by atoms with E-state index in [4.69, 9.17) is 0 Å². The van der Waals surface area contributed by atoms with Crippen LogP contribution in [-0.2, 0) is 11.3 Å². The average Bonchev–Trinajstić information content (AvgIpc) is 2.66. The number of aryl methyl sites for hydroxylation is 1. The van der Waals surface area contributed by atoms with Gasteiger partial charge in [0.15, 0.2) is 0 Å². The predicted molar refractivity (Wildman–Crippen MR) is 109 cm³/mol. The summed E-state index contributed by atoms with van der Waals surface area (Å²) in [7, 11) is 3.53. The number of carbonyl (C=O) groups is 2. The maximum atomic E-state index is 12.4. The van der Waals surface area contributed by atoms with Crippen LogP contribution < -0.4 is 10.6 Å². The molecule has 2 amide bonds. The van der Waals surface area contributed by atoms with Gasteiger partial charge in [0.25, 0.3) is 5.91 Å². The summed E-state index contributed by atoms with van der Waals surface area (Å²) in [6, 6.07) is 15.7. The van der Waals surface area contributed by atoms with Crippen LogP contribution in [-0.4, -0.2) is 37.4 Å². The Morgan fingerprint density at radius 3 is 2.22 bits per heavy atom. The lowest BCUT2D eigenvalue weighted by Crippen LogP contribution is -2.36. The van der Waals surface area contributed by atoms with Crippen LogP contribution in [0.15, 0.2) is 48.5 Å². The molecule has 0 heterocycles. The van der Waals surface area contributed by atoms with Crippen LogP contribution in [0.5, 0.6) is 0 Å². The summed E-state index contributed by atoms with van der Waals surface area (Å²) >= 11 is 0. The van der Waals surface area contributed by atoms with E-state index in [1.54, 1.807) is 19.2 Å². The minimum absolute atomic E-state index is 0.00639. The summed E-state index contributed by atoms with van der Waals surface area (Å²) in [4.78, 5) is 26.0. The molecular weight excluding hydrogens is 338 g/mol. The monoisotopic (exact) mass is 367 g/mol. The van der Waals surface area contributed by atoms with Gasteiger partial charge in [0, 0.05) is 19.2 Å². The lowest BCUT2D eigenvalue weighted by atomic mass is 10.0. The van der Waals surface area contributed by atoms with E-state index in [-0.39, 0.29) is 17.9 Å². The van der Waals surface area contributed by atoms with Gasteiger partial charge in [-0.25, -0.2) is 0 Å². The van der Waals surface area contributed by atoms with Crippen molar-refractivity contribution in [1.29, 1.82) is 0 Å². The zero-order valence-corrected chi connectivity index (χ0v) is 16.6. The maximum absolute atomic E-state index is 12.4. The van der Waals surface area contributed by atoms with Gasteiger partial charge in [0.1, 0.15) is 0 Å². The van der Waals surface area contributed by atoms with E-state index < -0.39 is 0 Å². The van der Waals surface area contributed by atoms with Gasteiger partial charge in [0.2, 0.25) is 5.91 Å². The molecular formula is C22H29N3O2. The molecule has 5 heteroatoms. The van der Waals surface area contributed by atoms with E-state index in [1.165, 1.54) is 5.56 Å². The Kier molecular flexibility index (Phi) is 7.55. The molecule has 0 radical (unpaired) electrons. The normalized spacial score (nSPS) is 11.9. The van der Waals surface area contributed by atoms with Crippen molar-refractivity contribution >= 4 is 11.8 Å². The predicted octanol–water partition coefficient (Wildman–Crippen LogP) is 3.05. The Labute approximate surface area is 161 Å². The maximum Gasteiger partial charge on any atom is 0.251 e. The molecule has 0 bridgehead atoms. The second kappa shape index (κ2) is 9.88. The Hall–Kier alpha value is -2.66. The molecule has 2 aromatic rings.